The van der Waals surface area contributed by atoms with Crippen LogP contribution in [0.2, 0.25) is 5.02 Å². The second-order valence-corrected chi connectivity index (χ2v) is 5.84. The second kappa shape index (κ2) is 6.94. The highest BCUT2D eigenvalue weighted by atomic mass is 35.5. The Labute approximate surface area is 147 Å². The van der Waals surface area contributed by atoms with Gasteiger partial charge in [0.25, 0.3) is 5.69 Å². The number of nitro groups is 1. The summed E-state index contributed by atoms with van der Waals surface area (Å²) in [6.07, 6.45) is 0.682. The van der Waals surface area contributed by atoms with Crippen molar-refractivity contribution in [3.63, 3.8) is 0 Å². The van der Waals surface area contributed by atoms with Crippen LogP contribution in [0.4, 0.5) is 5.69 Å². The van der Waals surface area contributed by atoms with Gasteiger partial charge in [-0.05, 0) is 35.7 Å². The number of nitrogens with zero attached hydrogens (tertiary/aromatic N) is 1. The molecule has 0 radical (unpaired) electrons. The van der Waals surface area contributed by atoms with Crippen LogP contribution in [0, 0.1) is 10.1 Å². The quantitative estimate of drug-likeness (QED) is 0.380. The molecule has 0 amide bonds. The average Bonchev–Trinajstić information content (AvgIpc) is 2.60. The van der Waals surface area contributed by atoms with Crippen LogP contribution in [0.25, 0.3) is 11.0 Å². The zero-order valence-corrected chi connectivity index (χ0v) is 14.1. The molecule has 0 N–H and O–H groups in total. The summed E-state index contributed by atoms with van der Waals surface area (Å²) < 4.78 is 10.9. The first-order valence-electron chi connectivity index (χ1n) is 7.60. The minimum absolute atomic E-state index is 0.0151. The van der Waals surface area contributed by atoms with E-state index < -0.39 is 10.5 Å². The lowest BCUT2D eigenvalue weighted by Gasteiger charge is -2.10. The van der Waals surface area contributed by atoms with Gasteiger partial charge in [0.05, 0.1) is 9.95 Å². The molecule has 7 heteroatoms. The third-order valence-corrected chi connectivity index (χ3v) is 4.10. The first-order chi connectivity index (χ1) is 12.0. The summed E-state index contributed by atoms with van der Waals surface area (Å²) in [5.41, 5.74) is 1.61. The van der Waals surface area contributed by atoms with Gasteiger partial charge in [0.2, 0.25) is 0 Å². The lowest BCUT2D eigenvalue weighted by molar-refractivity contribution is -0.384. The number of benzene rings is 2. The third-order valence-electron chi connectivity index (χ3n) is 3.81. The number of hydrogen-bond acceptors (Lipinski definition) is 5. The zero-order valence-electron chi connectivity index (χ0n) is 13.3. The molecule has 0 saturated heterocycles. The van der Waals surface area contributed by atoms with Gasteiger partial charge in [0, 0.05) is 29.7 Å². The van der Waals surface area contributed by atoms with E-state index in [0.717, 1.165) is 16.5 Å². The predicted molar refractivity (Wildman–Crippen MR) is 94.3 cm³/mol. The van der Waals surface area contributed by atoms with Crippen LogP contribution in [0.1, 0.15) is 18.1 Å². The standard InChI is InChI=1S/C18H14ClNO5/c1-2-12-7-18(21)25-16-9-17(15(19)8-14(12)16)24-10-11-3-5-13(6-4-11)20(22)23/h3-9H,2,10H2,1H3. The largest absolute Gasteiger partial charge is 0.487 e. The van der Waals surface area contributed by atoms with E-state index in [1.165, 1.54) is 18.2 Å². The summed E-state index contributed by atoms with van der Waals surface area (Å²) >= 11 is 6.27. The summed E-state index contributed by atoms with van der Waals surface area (Å²) in [5, 5.41) is 11.8. The number of ether oxygens (including phenoxy) is 1. The van der Waals surface area contributed by atoms with Crippen molar-refractivity contribution in [3.05, 3.63) is 79.1 Å². The van der Waals surface area contributed by atoms with Crippen LogP contribution in [-0.2, 0) is 13.0 Å². The molecule has 0 bridgehead atoms. The molecule has 128 valence electrons. The summed E-state index contributed by atoms with van der Waals surface area (Å²) in [6, 6.07) is 10.8. The van der Waals surface area contributed by atoms with Gasteiger partial charge < -0.3 is 9.15 Å². The van der Waals surface area contributed by atoms with E-state index in [0.29, 0.717) is 22.8 Å². The number of nitro benzene ring substituents is 1. The predicted octanol–water partition coefficient (Wildman–Crippen LogP) is 4.50. The lowest BCUT2D eigenvalue weighted by Crippen LogP contribution is -2.01. The van der Waals surface area contributed by atoms with E-state index >= 15 is 0 Å². The number of rotatable bonds is 5. The molecular formula is C18H14ClNO5. The average molecular weight is 360 g/mol. The zero-order chi connectivity index (χ0) is 18.0. The molecule has 0 fully saturated rings. The third kappa shape index (κ3) is 3.64. The molecule has 0 spiro atoms. The van der Waals surface area contributed by atoms with E-state index in [2.05, 4.69) is 0 Å². The van der Waals surface area contributed by atoms with Crippen molar-refractivity contribution >= 4 is 28.3 Å². The van der Waals surface area contributed by atoms with E-state index in [-0.39, 0.29) is 12.3 Å². The highest BCUT2D eigenvalue weighted by molar-refractivity contribution is 6.32. The fraction of sp³-hybridized carbons (Fsp3) is 0.167. The Hall–Kier alpha value is -2.86. The number of aryl methyl sites for hydroxylation is 1. The van der Waals surface area contributed by atoms with Crippen LogP contribution in [0.5, 0.6) is 5.75 Å². The number of non-ortho nitro benzene ring substituents is 1. The van der Waals surface area contributed by atoms with Gasteiger partial charge in [0.15, 0.2) is 0 Å². The topological polar surface area (TPSA) is 82.6 Å². The molecule has 25 heavy (non-hydrogen) atoms. The number of fused-ring (bicyclic) bond motifs is 1. The number of hydrogen-bond donors (Lipinski definition) is 0. The first-order valence-corrected chi connectivity index (χ1v) is 7.98. The molecule has 0 unspecified atom stereocenters. The Balaban J connectivity index is 1.87. The SMILES string of the molecule is CCc1cc(=O)oc2cc(OCc3ccc([N+](=O)[O-])cc3)c(Cl)cc12. The molecule has 3 rings (SSSR count). The molecule has 0 aliphatic rings. The molecule has 0 aliphatic heterocycles. The Morgan fingerprint density at radius 2 is 1.92 bits per heavy atom. The molecule has 2 aromatic carbocycles. The number of halogens is 1. The van der Waals surface area contributed by atoms with Crippen molar-refractivity contribution in [2.45, 2.75) is 20.0 Å². The van der Waals surface area contributed by atoms with Crippen LogP contribution < -0.4 is 10.4 Å². The molecule has 6 nitrogen and oxygen atoms in total. The van der Waals surface area contributed by atoms with Gasteiger partial charge in [-0.15, -0.1) is 0 Å². The van der Waals surface area contributed by atoms with Crippen LogP contribution >= 0.6 is 11.6 Å². The molecule has 0 saturated carbocycles. The van der Waals surface area contributed by atoms with E-state index in [1.54, 1.807) is 24.3 Å². The molecular weight excluding hydrogens is 346 g/mol. The van der Waals surface area contributed by atoms with Crippen molar-refractivity contribution in [3.8, 4) is 5.75 Å². The Bertz CT molecular complexity index is 995. The van der Waals surface area contributed by atoms with Gasteiger partial charge in [-0.3, -0.25) is 10.1 Å². The molecule has 1 heterocycles. The smallest absolute Gasteiger partial charge is 0.336 e. The maximum Gasteiger partial charge on any atom is 0.336 e. The van der Waals surface area contributed by atoms with Gasteiger partial charge in [-0.2, -0.15) is 0 Å². The van der Waals surface area contributed by atoms with Gasteiger partial charge in [0.1, 0.15) is 17.9 Å². The van der Waals surface area contributed by atoms with Crippen molar-refractivity contribution in [1.82, 2.24) is 0 Å². The van der Waals surface area contributed by atoms with E-state index in [1.807, 2.05) is 6.92 Å². The summed E-state index contributed by atoms with van der Waals surface area (Å²) in [7, 11) is 0. The van der Waals surface area contributed by atoms with Crippen molar-refractivity contribution < 1.29 is 14.1 Å². The van der Waals surface area contributed by atoms with Crippen molar-refractivity contribution in [2.24, 2.45) is 0 Å². The van der Waals surface area contributed by atoms with E-state index in [9.17, 15) is 14.9 Å². The minimum Gasteiger partial charge on any atom is -0.487 e. The minimum atomic E-state index is -0.460. The van der Waals surface area contributed by atoms with Crippen LogP contribution in [0.3, 0.4) is 0 Å². The Morgan fingerprint density at radius 1 is 1.20 bits per heavy atom. The molecule has 0 aliphatic carbocycles. The van der Waals surface area contributed by atoms with E-state index in [4.69, 9.17) is 20.8 Å². The van der Waals surface area contributed by atoms with Gasteiger partial charge in [-0.1, -0.05) is 18.5 Å². The summed E-state index contributed by atoms with van der Waals surface area (Å²) in [4.78, 5) is 21.8. The van der Waals surface area contributed by atoms with Gasteiger partial charge in [-0.25, -0.2) is 4.79 Å². The fourth-order valence-corrected chi connectivity index (χ4v) is 2.72. The highest BCUT2D eigenvalue weighted by Gasteiger charge is 2.11. The monoisotopic (exact) mass is 359 g/mol. The normalized spacial score (nSPS) is 10.8. The highest BCUT2D eigenvalue weighted by Crippen LogP contribution is 2.32. The lowest BCUT2D eigenvalue weighted by atomic mass is 10.1. The molecule has 3 aromatic rings. The Kier molecular flexibility index (Phi) is 4.72. The van der Waals surface area contributed by atoms with Crippen LogP contribution in [0.15, 0.2) is 51.7 Å². The van der Waals surface area contributed by atoms with Gasteiger partial charge >= 0.3 is 5.63 Å². The molecule has 1 aromatic heterocycles. The first kappa shape index (κ1) is 17.0. The van der Waals surface area contributed by atoms with Crippen molar-refractivity contribution in [1.29, 1.82) is 0 Å². The summed E-state index contributed by atoms with van der Waals surface area (Å²) in [5.74, 6) is 0.379. The van der Waals surface area contributed by atoms with Crippen LogP contribution in [-0.4, -0.2) is 4.92 Å². The summed E-state index contributed by atoms with van der Waals surface area (Å²) in [6.45, 7) is 2.13. The second-order valence-electron chi connectivity index (χ2n) is 5.44. The van der Waals surface area contributed by atoms with Crippen molar-refractivity contribution in [2.75, 3.05) is 0 Å². The maximum atomic E-state index is 11.6. The maximum absolute atomic E-state index is 11.6. The molecule has 0 atom stereocenters. The fourth-order valence-electron chi connectivity index (χ4n) is 2.51. The Morgan fingerprint density at radius 3 is 2.56 bits per heavy atom.